The molecule has 0 bridgehead atoms. The molecule has 2 aliphatic carbocycles. The van der Waals surface area contributed by atoms with E-state index in [9.17, 15) is 14.7 Å². The molecule has 8 heteroatoms. The van der Waals surface area contributed by atoms with Gasteiger partial charge in [-0.05, 0) is 68.4 Å². The Labute approximate surface area is 172 Å². The predicted octanol–water partition coefficient (Wildman–Crippen LogP) is 3.19. The van der Waals surface area contributed by atoms with Crippen molar-refractivity contribution in [1.82, 2.24) is 4.98 Å². The molecule has 0 aliphatic heterocycles. The van der Waals surface area contributed by atoms with E-state index < -0.39 is 22.5 Å². The van der Waals surface area contributed by atoms with Crippen molar-refractivity contribution < 1.29 is 14.7 Å². The number of aliphatic hydroxyl groups is 1. The number of anilines is 1. The average molecular weight is 413 g/mol. The molecule has 1 heterocycles. The number of amides is 2. The number of ketones is 1. The van der Waals surface area contributed by atoms with Crippen LogP contribution in [0.15, 0.2) is 33.7 Å². The number of hydrogen-bond acceptors (Lipinski definition) is 4. The molecule has 7 nitrogen and oxygen atoms in total. The first kappa shape index (κ1) is 19.9. The Morgan fingerprint density at radius 3 is 2.72 bits per heavy atom. The van der Waals surface area contributed by atoms with Crippen LogP contribution in [0.3, 0.4) is 0 Å². The minimum atomic E-state index is -1.19. The van der Waals surface area contributed by atoms with Gasteiger partial charge in [-0.1, -0.05) is 6.07 Å². The molecule has 152 valence electrons. The maximum absolute atomic E-state index is 12.6. The van der Waals surface area contributed by atoms with Gasteiger partial charge in [-0.3, -0.25) is 14.9 Å². The number of hydrogen-bond donors (Lipinski definition) is 3. The van der Waals surface area contributed by atoms with Crippen LogP contribution >= 0.6 is 0 Å². The van der Waals surface area contributed by atoms with Crippen LogP contribution in [0.4, 0.5) is 10.5 Å². The van der Waals surface area contributed by atoms with Gasteiger partial charge in [0.05, 0.1) is 16.3 Å². The maximum Gasteiger partial charge on any atom is 0.352 e. The summed E-state index contributed by atoms with van der Waals surface area (Å²) in [6.07, 6.45) is 5.57. The molecule has 2 aromatic rings. The minimum absolute atomic E-state index is 0.0724. The number of rotatable bonds is 3. The van der Waals surface area contributed by atoms with Gasteiger partial charge in [-0.2, -0.15) is 4.36 Å². The van der Waals surface area contributed by atoms with Crippen LogP contribution in [0.1, 0.15) is 59.4 Å². The summed E-state index contributed by atoms with van der Waals surface area (Å²) in [5.74, 6) is 0.0724. The molecule has 1 unspecified atom stereocenters. The van der Waals surface area contributed by atoms with Crippen molar-refractivity contribution in [3.63, 3.8) is 0 Å². The summed E-state index contributed by atoms with van der Waals surface area (Å²) in [5, 5.41) is 18.9. The number of carbonyl (C=O) groups excluding carboxylic acids is 2. The highest BCUT2D eigenvalue weighted by atomic mass is 32.2. The average Bonchev–Trinajstić information content (AvgIpc) is 3.28. The molecular weight excluding hydrogens is 388 g/mol. The second kappa shape index (κ2) is 7.44. The number of aromatic nitrogens is 1. The van der Waals surface area contributed by atoms with Gasteiger partial charge >= 0.3 is 6.03 Å². The fourth-order valence-corrected chi connectivity index (χ4v) is 4.67. The van der Waals surface area contributed by atoms with Crippen LogP contribution in [0.25, 0.3) is 0 Å². The van der Waals surface area contributed by atoms with E-state index in [1.807, 2.05) is 0 Å². The third-order valence-electron chi connectivity index (χ3n) is 5.40. The molecule has 0 spiro atoms. The smallest absolute Gasteiger partial charge is 0.352 e. The van der Waals surface area contributed by atoms with E-state index in [1.54, 1.807) is 26.0 Å². The van der Waals surface area contributed by atoms with Crippen LogP contribution < -0.4 is 10.5 Å². The standard InChI is InChI=1S/C21H24N4O3S/c1-21(2,28)17-9-7-14(11-23-17)29(22)25-20(27)24-19-15-5-3-4-12(15)10-13-6-8-16(26)18(13)19/h7,9-11,28H,3-6,8H2,1-2H3,(H3,22,24,25,27). The van der Waals surface area contributed by atoms with Gasteiger partial charge in [0.25, 0.3) is 0 Å². The lowest BCUT2D eigenvalue weighted by molar-refractivity contribution is 0.0737. The van der Waals surface area contributed by atoms with Gasteiger partial charge in [-0.25, -0.2) is 4.79 Å². The van der Waals surface area contributed by atoms with E-state index in [0.717, 1.165) is 36.8 Å². The van der Waals surface area contributed by atoms with Crippen molar-refractivity contribution in [2.24, 2.45) is 9.50 Å². The Morgan fingerprint density at radius 2 is 2.03 bits per heavy atom. The highest BCUT2D eigenvalue weighted by molar-refractivity contribution is 7.85. The van der Waals surface area contributed by atoms with Crippen molar-refractivity contribution in [3.8, 4) is 0 Å². The van der Waals surface area contributed by atoms with Gasteiger partial charge in [0.1, 0.15) is 5.60 Å². The number of urea groups is 1. The number of nitrogens with two attached hydrogens (primary N) is 1. The Kier molecular flexibility index (Phi) is 5.10. The summed E-state index contributed by atoms with van der Waals surface area (Å²) in [5.41, 5.74) is 4.00. The Morgan fingerprint density at radius 1 is 1.24 bits per heavy atom. The number of Topliss-reactive ketones (excluding diaryl/α,β-unsaturated/α-hetero) is 1. The van der Waals surface area contributed by atoms with Crippen molar-refractivity contribution in [1.29, 1.82) is 0 Å². The molecule has 29 heavy (non-hydrogen) atoms. The quantitative estimate of drug-likeness (QED) is 0.715. The Hall–Kier alpha value is -2.42. The summed E-state index contributed by atoms with van der Waals surface area (Å²) in [6, 6.07) is 4.94. The second-order valence-corrected chi connectivity index (χ2v) is 9.26. The lowest BCUT2D eigenvalue weighted by Crippen LogP contribution is -2.18. The number of benzene rings is 1. The van der Waals surface area contributed by atoms with E-state index in [2.05, 4.69) is 20.7 Å². The van der Waals surface area contributed by atoms with Crippen LogP contribution in [0, 0.1) is 0 Å². The van der Waals surface area contributed by atoms with E-state index in [-0.39, 0.29) is 5.78 Å². The topological polar surface area (TPSA) is 118 Å². The molecule has 4 N–H and O–H groups in total. The lowest BCUT2D eigenvalue weighted by atomic mass is 9.98. The molecule has 0 saturated heterocycles. The molecule has 2 aliphatic rings. The predicted molar refractivity (Wildman–Crippen MR) is 112 cm³/mol. The monoisotopic (exact) mass is 412 g/mol. The zero-order valence-electron chi connectivity index (χ0n) is 16.5. The molecule has 0 saturated carbocycles. The molecular formula is C21H24N4O3S. The number of nitrogens with zero attached hydrogens (tertiary/aromatic N) is 2. The van der Waals surface area contributed by atoms with Crippen molar-refractivity contribution in [3.05, 3.63) is 52.3 Å². The SMILES string of the molecule is CC(C)(O)c1ccc(S(N)=NC(=O)Nc2c3c(cc4c2C(=O)CC4)CCC3)cn1. The molecule has 1 aromatic carbocycles. The summed E-state index contributed by atoms with van der Waals surface area (Å²) in [6.45, 7) is 3.29. The Balaban J connectivity index is 1.60. The van der Waals surface area contributed by atoms with Crippen LogP contribution in [0.5, 0.6) is 0 Å². The maximum atomic E-state index is 12.6. The van der Waals surface area contributed by atoms with Crippen molar-refractivity contribution in [2.75, 3.05) is 5.32 Å². The third kappa shape index (κ3) is 3.88. The molecule has 0 fully saturated rings. The van der Waals surface area contributed by atoms with Crippen molar-refractivity contribution >= 4 is 28.4 Å². The number of nitrogens with one attached hydrogen (secondary N) is 1. The molecule has 0 radical (unpaired) electrons. The van der Waals surface area contributed by atoms with Crippen LogP contribution in [-0.2, 0) is 35.7 Å². The first-order valence-corrected chi connectivity index (χ1v) is 10.9. The second-order valence-electron chi connectivity index (χ2n) is 7.97. The largest absolute Gasteiger partial charge is 0.384 e. The van der Waals surface area contributed by atoms with Crippen molar-refractivity contribution in [2.45, 2.75) is 56.4 Å². The number of pyridine rings is 1. The van der Waals surface area contributed by atoms with Gasteiger partial charge < -0.3 is 10.4 Å². The fraction of sp³-hybridized carbons (Fsp3) is 0.381. The van der Waals surface area contributed by atoms with Gasteiger partial charge in [0, 0.05) is 29.1 Å². The lowest BCUT2D eigenvalue weighted by Gasteiger charge is -2.16. The molecule has 4 rings (SSSR count). The van der Waals surface area contributed by atoms with E-state index >= 15 is 0 Å². The number of carbonyl (C=O) groups is 2. The van der Waals surface area contributed by atoms with E-state index in [1.165, 1.54) is 11.8 Å². The molecule has 2 amide bonds. The van der Waals surface area contributed by atoms with Gasteiger partial charge in [-0.15, -0.1) is 0 Å². The zero-order valence-corrected chi connectivity index (χ0v) is 17.3. The zero-order chi connectivity index (χ0) is 20.8. The highest BCUT2D eigenvalue weighted by Crippen LogP contribution is 2.38. The fourth-order valence-electron chi connectivity index (χ4n) is 3.97. The number of fused-ring (bicyclic) bond motifs is 2. The number of aryl methyl sites for hydroxylation is 2. The minimum Gasteiger partial charge on any atom is -0.384 e. The highest BCUT2D eigenvalue weighted by Gasteiger charge is 2.29. The van der Waals surface area contributed by atoms with Gasteiger partial charge in [0.15, 0.2) is 5.78 Å². The summed E-state index contributed by atoms with van der Waals surface area (Å²) in [4.78, 5) is 29.8. The first-order valence-electron chi connectivity index (χ1n) is 9.65. The third-order valence-corrected chi connectivity index (χ3v) is 6.49. The summed E-state index contributed by atoms with van der Waals surface area (Å²) < 4.78 is 4.05. The van der Waals surface area contributed by atoms with E-state index in [0.29, 0.717) is 28.3 Å². The van der Waals surface area contributed by atoms with Crippen LogP contribution in [0.2, 0.25) is 0 Å². The summed E-state index contributed by atoms with van der Waals surface area (Å²) >= 11 is 0. The first-order chi connectivity index (χ1) is 13.7. The van der Waals surface area contributed by atoms with E-state index in [4.69, 9.17) is 5.14 Å². The summed E-state index contributed by atoms with van der Waals surface area (Å²) in [7, 11) is -1.19. The van der Waals surface area contributed by atoms with Crippen LogP contribution in [-0.4, -0.2) is 21.9 Å². The van der Waals surface area contributed by atoms with Gasteiger partial charge in [0.2, 0.25) is 0 Å². The normalized spacial score (nSPS) is 16.6. The Bertz CT molecular complexity index is 1040. The molecule has 1 aromatic heterocycles. The molecule has 1 atom stereocenters.